The summed E-state index contributed by atoms with van der Waals surface area (Å²) < 4.78 is 0. The van der Waals surface area contributed by atoms with Gasteiger partial charge in [0.15, 0.2) is 0 Å². The summed E-state index contributed by atoms with van der Waals surface area (Å²) in [6.45, 7) is 7.23. The quantitative estimate of drug-likeness (QED) is 0.728. The van der Waals surface area contributed by atoms with Crippen LogP contribution < -0.4 is 11.1 Å². The van der Waals surface area contributed by atoms with E-state index in [-0.39, 0.29) is 17.9 Å². The minimum atomic E-state index is -0.262. The zero-order chi connectivity index (χ0) is 15.0. The van der Waals surface area contributed by atoms with Crippen molar-refractivity contribution in [1.29, 1.82) is 0 Å². The van der Waals surface area contributed by atoms with Gasteiger partial charge >= 0.3 is 0 Å². The van der Waals surface area contributed by atoms with Crippen LogP contribution in [0.1, 0.15) is 57.1 Å². The van der Waals surface area contributed by atoms with Crippen molar-refractivity contribution in [3.63, 3.8) is 0 Å². The molecule has 0 saturated heterocycles. The predicted octanol–water partition coefficient (Wildman–Crippen LogP) is 2.99. The fraction of sp³-hybridized carbons (Fsp3) is 0.588. The van der Waals surface area contributed by atoms with Crippen molar-refractivity contribution in [2.24, 2.45) is 5.73 Å². The number of amides is 1. The van der Waals surface area contributed by atoms with Crippen molar-refractivity contribution < 1.29 is 4.79 Å². The van der Waals surface area contributed by atoms with E-state index in [0.717, 1.165) is 24.9 Å². The summed E-state index contributed by atoms with van der Waals surface area (Å²) in [5.74, 6) is -0.524. The number of nitrogens with two attached hydrogens (primary N) is 1. The summed E-state index contributed by atoms with van der Waals surface area (Å²) in [4.78, 5) is 11.7. The van der Waals surface area contributed by atoms with Gasteiger partial charge in [0.25, 0.3) is 0 Å². The van der Waals surface area contributed by atoms with Crippen LogP contribution >= 0.6 is 0 Å². The lowest BCUT2D eigenvalue weighted by molar-refractivity contribution is -0.120. The molecule has 1 aromatic rings. The van der Waals surface area contributed by atoms with Crippen LogP contribution in [0.15, 0.2) is 24.3 Å². The number of primary amides is 1. The van der Waals surface area contributed by atoms with Crippen molar-refractivity contribution in [3.8, 4) is 0 Å². The summed E-state index contributed by atoms with van der Waals surface area (Å²) in [5, 5.41) is 3.36. The van der Waals surface area contributed by atoms with Gasteiger partial charge in [0, 0.05) is 6.04 Å². The smallest absolute Gasteiger partial charge is 0.226 e. The Balaban J connectivity index is 2.78. The highest BCUT2D eigenvalue weighted by atomic mass is 16.1. The zero-order valence-electron chi connectivity index (χ0n) is 13.0. The van der Waals surface area contributed by atoms with Gasteiger partial charge < -0.3 is 11.1 Å². The molecule has 1 rings (SSSR count). The van der Waals surface area contributed by atoms with E-state index in [1.54, 1.807) is 0 Å². The van der Waals surface area contributed by atoms with Crippen LogP contribution in [-0.2, 0) is 11.2 Å². The number of carbonyl (C=O) groups is 1. The Labute approximate surface area is 122 Å². The molecule has 3 heteroatoms. The van der Waals surface area contributed by atoms with Crippen LogP contribution in [0.25, 0.3) is 0 Å². The molecule has 0 aromatic heterocycles. The lowest BCUT2D eigenvalue weighted by atomic mass is 9.90. The van der Waals surface area contributed by atoms with E-state index in [9.17, 15) is 4.79 Å². The number of carbonyl (C=O) groups excluding carboxylic acids is 1. The highest BCUT2D eigenvalue weighted by Gasteiger charge is 2.24. The fourth-order valence-electron chi connectivity index (χ4n) is 2.46. The Bertz CT molecular complexity index is 400. The third-order valence-electron chi connectivity index (χ3n) is 3.68. The maximum atomic E-state index is 11.7. The largest absolute Gasteiger partial charge is 0.369 e. The maximum absolute atomic E-state index is 11.7. The molecule has 3 N–H and O–H groups in total. The molecule has 0 heterocycles. The molecule has 1 amide bonds. The van der Waals surface area contributed by atoms with Crippen LogP contribution in [-0.4, -0.2) is 18.5 Å². The van der Waals surface area contributed by atoms with Crippen molar-refractivity contribution in [2.45, 2.75) is 58.4 Å². The van der Waals surface area contributed by atoms with Crippen LogP contribution in [0, 0.1) is 0 Å². The molecule has 0 bridgehead atoms. The molecule has 1 aromatic carbocycles. The fourth-order valence-corrected chi connectivity index (χ4v) is 2.46. The van der Waals surface area contributed by atoms with E-state index in [4.69, 9.17) is 5.73 Å². The van der Waals surface area contributed by atoms with E-state index in [2.05, 4.69) is 31.3 Å². The third-order valence-corrected chi connectivity index (χ3v) is 3.68. The maximum Gasteiger partial charge on any atom is 0.226 e. The molecule has 2 atom stereocenters. The van der Waals surface area contributed by atoms with Crippen LogP contribution in [0.5, 0.6) is 0 Å². The molecule has 20 heavy (non-hydrogen) atoms. The normalized spacial score (nSPS) is 13.9. The van der Waals surface area contributed by atoms with Crippen molar-refractivity contribution in [2.75, 3.05) is 6.54 Å². The lowest BCUT2D eigenvalue weighted by Crippen LogP contribution is -2.39. The van der Waals surface area contributed by atoms with Gasteiger partial charge in [0.2, 0.25) is 5.91 Å². The monoisotopic (exact) mass is 276 g/mol. The van der Waals surface area contributed by atoms with Crippen molar-refractivity contribution in [3.05, 3.63) is 35.4 Å². The first-order valence-corrected chi connectivity index (χ1v) is 7.71. The molecule has 3 nitrogen and oxygen atoms in total. The van der Waals surface area contributed by atoms with Gasteiger partial charge in [0.1, 0.15) is 0 Å². The van der Waals surface area contributed by atoms with Crippen molar-refractivity contribution >= 4 is 5.91 Å². The van der Waals surface area contributed by atoms with Crippen LogP contribution in [0.3, 0.4) is 0 Å². The lowest BCUT2D eigenvalue weighted by Gasteiger charge is -2.23. The number of hydrogen-bond donors (Lipinski definition) is 2. The van der Waals surface area contributed by atoms with E-state index in [0.29, 0.717) is 0 Å². The third kappa shape index (κ3) is 4.97. The van der Waals surface area contributed by atoms with Crippen LogP contribution in [0.2, 0.25) is 0 Å². The van der Waals surface area contributed by atoms with Gasteiger partial charge in [-0.25, -0.2) is 0 Å². The van der Waals surface area contributed by atoms with Crippen molar-refractivity contribution in [1.82, 2.24) is 5.32 Å². The number of rotatable bonds is 9. The molecular weight excluding hydrogens is 248 g/mol. The summed E-state index contributed by atoms with van der Waals surface area (Å²) >= 11 is 0. The Morgan fingerprint density at radius 1 is 1.20 bits per heavy atom. The molecule has 2 unspecified atom stereocenters. The minimum Gasteiger partial charge on any atom is -0.369 e. The summed E-state index contributed by atoms with van der Waals surface area (Å²) in [5.41, 5.74) is 7.92. The van der Waals surface area contributed by atoms with E-state index in [1.807, 2.05) is 19.1 Å². The highest BCUT2D eigenvalue weighted by Crippen LogP contribution is 2.21. The van der Waals surface area contributed by atoms with Crippen LogP contribution in [0.4, 0.5) is 0 Å². The standard InChI is InChI=1S/C17H28N2O/c1-4-6-7-14-8-10-15(11-9-14)16(17(18)20)13(3)19-12-5-2/h8-11,13,16,19H,4-7,12H2,1-3H3,(H2,18,20). The zero-order valence-corrected chi connectivity index (χ0v) is 13.0. The average molecular weight is 276 g/mol. The molecule has 0 radical (unpaired) electrons. The second-order valence-corrected chi connectivity index (χ2v) is 5.47. The first-order valence-electron chi connectivity index (χ1n) is 7.71. The molecular formula is C17H28N2O. The van der Waals surface area contributed by atoms with Gasteiger partial charge in [0.05, 0.1) is 5.92 Å². The first kappa shape index (κ1) is 16.7. The number of unbranched alkanes of at least 4 members (excludes halogenated alkanes) is 1. The highest BCUT2D eigenvalue weighted by molar-refractivity contribution is 5.82. The SMILES string of the molecule is CCCCc1ccc(C(C(N)=O)C(C)NCCC)cc1. The number of benzene rings is 1. The van der Waals surface area contributed by atoms with Gasteiger partial charge in [-0.1, -0.05) is 44.5 Å². The molecule has 0 aliphatic carbocycles. The van der Waals surface area contributed by atoms with E-state index >= 15 is 0 Å². The second kappa shape index (κ2) is 8.75. The minimum absolute atomic E-state index is 0.0638. The van der Waals surface area contributed by atoms with Gasteiger partial charge in [-0.3, -0.25) is 4.79 Å². The van der Waals surface area contributed by atoms with E-state index < -0.39 is 0 Å². The number of hydrogen-bond acceptors (Lipinski definition) is 2. The predicted molar refractivity (Wildman–Crippen MR) is 84.7 cm³/mol. The molecule has 0 spiro atoms. The molecule has 0 aliphatic heterocycles. The topological polar surface area (TPSA) is 55.1 Å². The molecule has 0 saturated carbocycles. The average Bonchev–Trinajstić information content (AvgIpc) is 2.44. The summed E-state index contributed by atoms with van der Waals surface area (Å²) in [7, 11) is 0. The summed E-state index contributed by atoms with van der Waals surface area (Å²) in [6.07, 6.45) is 4.55. The Kier molecular flexibility index (Phi) is 7.31. The Morgan fingerprint density at radius 2 is 1.85 bits per heavy atom. The molecule has 0 fully saturated rings. The first-order chi connectivity index (χ1) is 9.60. The second-order valence-electron chi connectivity index (χ2n) is 5.47. The molecule has 0 aliphatic rings. The summed E-state index contributed by atoms with van der Waals surface area (Å²) in [6, 6.07) is 8.39. The van der Waals surface area contributed by atoms with Gasteiger partial charge in [-0.2, -0.15) is 0 Å². The molecule has 112 valence electrons. The number of aryl methyl sites for hydroxylation is 1. The Hall–Kier alpha value is -1.35. The number of nitrogens with one attached hydrogen (secondary N) is 1. The Morgan fingerprint density at radius 3 is 2.35 bits per heavy atom. The van der Waals surface area contributed by atoms with Gasteiger partial charge in [-0.05, 0) is 43.9 Å². The van der Waals surface area contributed by atoms with E-state index in [1.165, 1.54) is 18.4 Å². The van der Waals surface area contributed by atoms with Gasteiger partial charge in [-0.15, -0.1) is 0 Å².